The van der Waals surface area contributed by atoms with Gasteiger partial charge in [-0.2, -0.15) is 0 Å². The summed E-state index contributed by atoms with van der Waals surface area (Å²) in [6.45, 7) is 2.64. The van der Waals surface area contributed by atoms with Crippen LogP contribution in [0.2, 0.25) is 0 Å². The first-order valence-electron chi connectivity index (χ1n) is 7.46. The molecule has 0 bridgehead atoms. The van der Waals surface area contributed by atoms with Crippen molar-refractivity contribution in [3.63, 3.8) is 0 Å². The molecule has 4 heteroatoms. The van der Waals surface area contributed by atoms with Crippen molar-refractivity contribution < 1.29 is 4.79 Å². The first-order chi connectivity index (χ1) is 10.7. The van der Waals surface area contributed by atoms with Crippen molar-refractivity contribution in [1.82, 2.24) is 9.88 Å². The summed E-state index contributed by atoms with van der Waals surface area (Å²) in [5, 5.41) is 4.60. The van der Waals surface area contributed by atoms with Gasteiger partial charge in [-0.15, -0.1) is 0 Å². The molecule has 4 nitrogen and oxygen atoms in total. The van der Waals surface area contributed by atoms with Gasteiger partial charge >= 0.3 is 0 Å². The predicted octanol–water partition coefficient (Wildman–Crippen LogP) is 2.51. The number of carbonyl (C=O) groups is 1. The molecule has 0 saturated heterocycles. The molecule has 0 radical (unpaired) electrons. The number of nitrogens with one attached hydrogen (secondary N) is 1. The van der Waals surface area contributed by atoms with Crippen LogP contribution in [0.15, 0.2) is 48.5 Å². The smallest absolute Gasteiger partial charge is 0.248 e. The standard InChI is InChI=1S/C18H17N3O/c19-18(22)13-6-5-12-9-17-15-4-2-1-3-14(15)11-20-7-8-21(17)16(12)10-13/h1-6,9-10,20H,7-8,11H2,(H2,19,22). The monoisotopic (exact) mass is 291 g/mol. The number of aromatic nitrogens is 1. The van der Waals surface area contributed by atoms with Gasteiger partial charge in [-0.05, 0) is 23.8 Å². The molecular formula is C18H17N3O. The van der Waals surface area contributed by atoms with Gasteiger partial charge in [0.2, 0.25) is 5.91 Å². The number of nitrogens with zero attached hydrogens (tertiary/aromatic N) is 1. The molecule has 1 aliphatic heterocycles. The lowest BCUT2D eigenvalue weighted by atomic mass is 10.0. The Labute approximate surface area is 128 Å². The maximum Gasteiger partial charge on any atom is 0.248 e. The van der Waals surface area contributed by atoms with E-state index in [1.165, 1.54) is 16.8 Å². The number of primary amides is 1. The Kier molecular flexibility index (Phi) is 2.98. The van der Waals surface area contributed by atoms with E-state index in [0.717, 1.165) is 30.5 Å². The van der Waals surface area contributed by atoms with Crippen LogP contribution in [-0.2, 0) is 13.1 Å². The molecule has 1 aliphatic rings. The van der Waals surface area contributed by atoms with Crippen molar-refractivity contribution in [2.45, 2.75) is 13.1 Å². The summed E-state index contributed by atoms with van der Waals surface area (Å²) in [6, 6.07) is 16.3. The zero-order valence-electron chi connectivity index (χ0n) is 12.2. The summed E-state index contributed by atoms with van der Waals surface area (Å²) in [7, 11) is 0. The van der Waals surface area contributed by atoms with Gasteiger partial charge < -0.3 is 15.6 Å². The molecule has 1 aromatic heterocycles. The highest BCUT2D eigenvalue weighted by molar-refractivity contribution is 5.98. The molecule has 110 valence electrons. The Morgan fingerprint density at radius 3 is 2.86 bits per heavy atom. The third-order valence-electron chi connectivity index (χ3n) is 4.31. The largest absolute Gasteiger partial charge is 0.366 e. The highest BCUT2D eigenvalue weighted by Gasteiger charge is 2.16. The highest BCUT2D eigenvalue weighted by atomic mass is 16.1. The molecule has 2 heterocycles. The van der Waals surface area contributed by atoms with Crippen molar-refractivity contribution in [3.05, 3.63) is 59.7 Å². The number of rotatable bonds is 1. The van der Waals surface area contributed by atoms with E-state index in [9.17, 15) is 4.79 Å². The molecule has 0 atom stereocenters. The van der Waals surface area contributed by atoms with Gasteiger partial charge in [-0.25, -0.2) is 0 Å². The molecule has 0 fully saturated rings. The Bertz CT molecular complexity index is 879. The van der Waals surface area contributed by atoms with Gasteiger partial charge in [-0.3, -0.25) is 4.79 Å². The fourth-order valence-electron chi connectivity index (χ4n) is 3.21. The van der Waals surface area contributed by atoms with E-state index in [2.05, 4.69) is 40.2 Å². The minimum Gasteiger partial charge on any atom is -0.366 e. The summed E-state index contributed by atoms with van der Waals surface area (Å²) in [5.74, 6) is -0.387. The number of fused-ring (bicyclic) bond motifs is 5. The minimum absolute atomic E-state index is 0.387. The van der Waals surface area contributed by atoms with Crippen molar-refractivity contribution in [3.8, 4) is 11.3 Å². The fraction of sp³-hybridized carbons (Fsp3) is 0.167. The molecule has 2 aromatic carbocycles. The zero-order chi connectivity index (χ0) is 15.1. The number of amides is 1. The van der Waals surface area contributed by atoms with E-state index in [1.807, 2.05) is 12.1 Å². The van der Waals surface area contributed by atoms with E-state index in [-0.39, 0.29) is 5.91 Å². The summed E-state index contributed by atoms with van der Waals surface area (Å²) in [5.41, 5.74) is 10.8. The van der Waals surface area contributed by atoms with Crippen molar-refractivity contribution in [1.29, 1.82) is 0 Å². The lowest BCUT2D eigenvalue weighted by molar-refractivity contribution is 0.100. The van der Waals surface area contributed by atoms with Crippen LogP contribution in [0.5, 0.6) is 0 Å². The van der Waals surface area contributed by atoms with Crippen LogP contribution in [-0.4, -0.2) is 17.0 Å². The zero-order valence-corrected chi connectivity index (χ0v) is 12.2. The Morgan fingerprint density at radius 1 is 1.14 bits per heavy atom. The van der Waals surface area contributed by atoms with Gasteiger partial charge in [0.1, 0.15) is 0 Å². The SMILES string of the molecule is NC(=O)c1ccc2cc3n(c2c1)CCNCc1ccccc1-3. The van der Waals surface area contributed by atoms with E-state index >= 15 is 0 Å². The van der Waals surface area contributed by atoms with E-state index < -0.39 is 0 Å². The Morgan fingerprint density at radius 2 is 2.00 bits per heavy atom. The topological polar surface area (TPSA) is 60.1 Å². The molecule has 0 spiro atoms. The van der Waals surface area contributed by atoms with Gasteiger partial charge in [0, 0.05) is 47.4 Å². The van der Waals surface area contributed by atoms with Crippen LogP contribution < -0.4 is 11.1 Å². The maximum atomic E-state index is 11.5. The van der Waals surface area contributed by atoms with Crippen molar-refractivity contribution in [2.75, 3.05) is 6.54 Å². The molecule has 22 heavy (non-hydrogen) atoms. The molecule has 4 rings (SSSR count). The van der Waals surface area contributed by atoms with E-state index in [4.69, 9.17) is 5.73 Å². The van der Waals surface area contributed by atoms with Gasteiger partial charge in [-0.1, -0.05) is 30.3 Å². The fourth-order valence-corrected chi connectivity index (χ4v) is 3.21. The Balaban J connectivity index is 2.01. The summed E-state index contributed by atoms with van der Waals surface area (Å²) >= 11 is 0. The maximum absolute atomic E-state index is 11.5. The van der Waals surface area contributed by atoms with Crippen molar-refractivity contribution >= 4 is 16.8 Å². The average Bonchev–Trinajstić information content (AvgIpc) is 2.86. The van der Waals surface area contributed by atoms with Crippen LogP contribution in [0.25, 0.3) is 22.2 Å². The third-order valence-corrected chi connectivity index (χ3v) is 4.31. The molecule has 0 saturated carbocycles. The summed E-state index contributed by atoms with van der Waals surface area (Å²) < 4.78 is 2.27. The second-order valence-electron chi connectivity index (χ2n) is 5.65. The lowest BCUT2D eigenvalue weighted by Crippen LogP contribution is -2.22. The first kappa shape index (κ1) is 13.1. The molecule has 0 aliphatic carbocycles. The summed E-state index contributed by atoms with van der Waals surface area (Å²) in [6.07, 6.45) is 0. The highest BCUT2D eigenvalue weighted by Crippen LogP contribution is 2.31. The molecule has 3 N–H and O–H groups in total. The quantitative estimate of drug-likeness (QED) is 0.723. The van der Waals surface area contributed by atoms with Gasteiger partial charge in [0.15, 0.2) is 0 Å². The van der Waals surface area contributed by atoms with Crippen LogP contribution >= 0.6 is 0 Å². The third kappa shape index (κ3) is 2.00. The molecule has 0 unspecified atom stereocenters. The number of nitrogens with two attached hydrogens (primary N) is 1. The molecular weight excluding hydrogens is 274 g/mol. The second-order valence-corrected chi connectivity index (χ2v) is 5.65. The van der Waals surface area contributed by atoms with E-state index in [1.54, 1.807) is 6.07 Å². The number of benzene rings is 2. The number of hydrogen-bond acceptors (Lipinski definition) is 2. The predicted molar refractivity (Wildman–Crippen MR) is 87.6 cm³/mol. The van der Waals surface area contributed by atoms with E-state index in [0.29, 0.717) is 5.56 Å². The average molecular weight is 291 g/mol. The van der Waals surface area contributed by atoms with Crippen LogP contribution in [0.4, 0.5) is 0 Å². The first-order valence-corrected chi connectivity index (χ1v) is 7.46. The van der Waals surface area contributed by atoms with Crippen molar-refractivity contribution in [2.24, 2.45) is 5.73 Å². The normalized spacial score (nSPS) is 14.0. The minimum atomic E-state index is -0.387. The molecule has 1 amide bonds. The van der Waals surface area contributed by atoms with Gasteiger partial charge in [0.05, 0.1) is 0 Å². The van der Waals surface area contributed by atoms with Crippen LogP contribution in [0, 0.1) is 0 Å². The van der Waals surface area contributed by atoms with Crippen LogP contribution in [0.3, 0.4) is 0 Å². The Hall–Kier alpha value is -2.59. The number of hydrogen-bond donors (Lipinski definition) is 2. The lowest BCUT2D eigenvalue weighted by Gasteiger charge is -2.18. The van der Waals surface area contributed by atoms with Crippen LogP contribution in [0.1, 0.15) is 15.9 Å². The number of carbonyl (C=O) groups excluding carboxylic acids is 1. The molecule has 3 aromatic rings. The van der Waals surface area contributed by atoms with Gasteiger partial charge in [0.25, 0.3) is 0 Å². The second kappa shape index (κ2) is 5.00. The summed E-state index contributed by atoms with van der Waals surface area (Å²) in [4.78, 5) is 11.5.